The number of aliphatic hydroxyl groups is 2. The van der Waals surface area contributed by atoms with Crippen LogP contribution in [-0.2, 0) is 42.9 Å². The Bertz CT molecular complexity index is 1590. The number of fused-ring (bicyclic) bond motifs is 4. The molecule has 0 unspecified atom stereocenters. The summed E-state index contributed by atoms with van der Waals surface area (Å²) >= 11 is 0. The highest BCUT2D eigenvalue weighted by molar-refractivity contribution is 6.08. The number of hydrogen-bond donors (Lipinski definition) is 2. The van der Waals surface area contributed by atoms with Crippen LogP contribution in [0.2, 0.25) is 0 Å². The number of methoxy groups -OCH3 is 1. The van der Waals surface area contributed by atoms with Crippen molar-refractivity contribution in [3.05, 3.63) is 35.3 Å². The molecule has 2 bridgehead atoms. The third kappa shape index (κ3) is 4.04. The minimum absolute atomic E-state index is 0.158. The fourth-order valence-electron chi connectivity index (χ4n) is 10.4. The van der Waals surface area contributed by atoms with E-state index in [0.717, 1.165) is 7.11 Å². The maximum absolute atomic E-state index is 15.3. The summed E-state index contributed by atoms with van der Waals surface area (Å²) in [6.45, 7) is 12.0. The van der Waals surface area contributed by atoms with Gasteiger partial charge in [0.15, 0.2) is 17.5 Å². The van der Waals surface area contributed by atoms with Crippen molar-refractivity contribution in [2.45, 2.75) is 110 Å². The minimum Gasteiger partial charge on any atom is -0.472 e. The van der Waals surface area contributed by atoms with E-state index in [0.29, 0.717) is 30.4 Å². The molecular formula is C36H46O12. The van der Waals surface area contributed by atoms with Gasteiger partial charge < -0.3 is 33.6 Å². The molecule has 0 spiro atoms. The van der Waals surface area contributed by atoms with Crippen molar-refractivity contribution in [1.82, 2.24) is 0 Å². The highest BCUT2D eigenvalue weighted by atomic mass is 16.6. The van der Waals surface area contributed by atoms with E-state index in [2.05, 4.69) is 0 Å². The average molecular weight is 671 g/mol. The second-order valence-electron chi connectivity index (χ2n) is 15.5. The van der Waals surface area contributed by atoms with Gasteiger partial charge in [0.25, 0.3) is 0 Å². The molecule has 0 aromatic carbocycles. The summed E-state index contributed by atoms with van der Waals surface area (Å²) in [5.74, 6) is -6.89. The maximum atomic E-state index is 15.3. The summed E-state index contributed by atoms with van der Waals surface area (Å²) in [5, 5.41) is 25.1. The Balaban J connectivity index is 1.67. The monoisotopic (exact) mass is 670 g/mol. The molecule has 1 saturated heterocycles. The van der Waals surface area contributed by atoms with Crippen LogP contribution in [0.5, 0.6) is 0 Å². The van der Waals surface area contributed by atoms with Crippen LogP contribution in [0.3, 0.4) is 0 Å². The number of furan rings is 1. The molecule has 5 aliphatic rings. The van der Waals surface area contributed by atoms with Gasteiger partial charge >= 0.3 is 23.9 Å². The van der Waals surface area contributed by atoms with Crippen LogP contribution in [0.4, 0.5) is 0 Å². The Labute approximate surface area is 279 Å². The van der Waals surface area contributed by atoms with Crippen LogP contribution < -0.4 is 0 Å². The predicted molar refractivity (Wildman–Crippen MR) is 165 cm³/mol. The van der Waals surface area contributed by atoms with Crippen LogP contribution >= 0.6 is 0 Å². The molecule has 4 aliphatic carbocycles. The van der Waals surface area contributed by atoms with Gasteiger partial charge in [-0.1, -0.05) is 48.5 Å². The van der Waals surface area contributed by atoms with Gasteiger partial charge in [0.2, 0.25) is 5.60 Å². The zero-order chi connectivity index (χ0) is 35.4. The Hall–Kier alpha value is -3.51. The van der Waals surface area contributed by atoms with Crippen molar-refractivity contribution in [1.29, 1.82) is 0 Å². The second kappa shape index (κ2) is 11.0. The number of carbonyl (C=O) groups excluding carboxylic acids is 5. The smallest absolute Gasteiger partial charge is 0.335 e. The lowest BCUT2D eigenvalue weighted by Gasteiger charge is -2.66. The lowest BCUT2D eigenvalue weighted by atomic mass is 9.40. The summed E-state index contributed by atoms with van der Waals surface area (Å²) in [4.78, 5) is 69.0. The number of esters is 4. The van der Waals surface area contributed by atoms with Gasteiger partial charge in [-0.3, -0.25) is 19.2 Å². The third-order valence-corrected chi connectivity index (χ3v) is 12.8. The molecule has 3 saturated carbocycles. The maximum Gasteiger partial charge on any atom is 0.335 e. The van der Waals surface area contributed by atoms with E-state index in [1.807, 2.05) is 6.92 Å². The van der Waals surface area contributed by atoms with Crippen LogP contribution in [0.25, 0.3) is 0 Å². The van der Waals surface area contributed by atoms with E-state index in [9.17, 15) is 29.4 Å². The van der Waals surface area contributed by atoms with Crippen LogP contribution in [0.15, 0.2) is 34.2 Å². The minimum atomic E-state index is -2.62. The van der Waals surface area contributed by atoms with Gasteiger partial charge in [0.05, 0.1) is 37.9 Å². The Kier molecular flexibility index (Phi) is 7.87. The van der Waals surface area contributed by atoms with Gasteiger partial charge in [0.1, 0.15) is 12.2 Å². The molecular weight excluding hydrogens is 624 g/mol. The Morgan fingerprint density at radius 2 is 1.77 bits per heavy atom. The Morgan fingerprint density at radius 1 is 1.08 bits per heavy atom. The van der Waals surface area contributed by atoms with Crippen molar-refractivity contribution < 1.29 is 57.6 Å². The van der Waals surface area contributed by atoms with Crippen molar-refractivity contribution in [2.75, 3.05) is 7.11 Å². The average Bonchev–Trinajstić information content (AvgIpc) is 3.69. The van der Waals surface area contributed by atoms with Gasteiger partial charge in [-0.2, -0.15) is 0 Å². The quantitative estimate of drug-likeness (QED) is 0.303. The van der Waals surface area contributed by atoms with E-state index in [1.54, 1.807) is 47.6 Å². The van der Waals surface area contributed by atoms with Crippen molar-refractivity contribution in [2.24, 2.45) is 39.9 Å². The van der Waals surface area contributed by atoms with E-state index in [1.165, 1.54) is 12.5 Å². The van der Waals surface area contributed by atoms with E-state index in [4.69, 9.17) is 23.4 Å². The molecule has 2 heterocycles. The number of ketones is 1. The normalized spacial score (nSPS) is 40.9. The molecule has 0 amide bonds. The van der Waals surface area contributed by atoms with Gasteiger partial charge in [-0.25, -0.2) is 4.79 Å². The van der Waals surface area contributed by atoms with Gasteiger partial charge in [-0.05, 0) is 36.8 Å². The zero-order valence-electron chi connectivity index (χ0n) is 28.8. The van der Waals surface area contributed by atoms with Crippen molar-refractivity contribution in [3.8, 4) is 0 Å². The predicted octanol–water partition coefficient (Wildman–Crippen LogP) is 3.77. The fraction of sp³-hybridized carbons (Fsp3) is 0.694. The number of cyclic esters (lactones) is 1. The molecule has 1 aliphatic heterocycles. The highest BCUT2D eigenvalue weighted by Gasteiger charge is 2.93. The molecule has 262 valence electrons. The molecule has 11 atom stereocenters. The standard InChI is InChI=1S/C36H46O12/c1-9-18(4)29(41)47-31-33(6)16-35(48-28(40)17(2)3)34(7,25(33)24(38)30(42)44-8)20-10-12-32(5)21(23(20)26(39)36(31,35)43)14-22(37)46-27(32)19-11-13-45-15-19/h11,13,15,17-18,20,24-25,27,31,38,43H,9-10,12,14,16H2,1-8H3/t18-,20-,24+,25-,27-,31-,32+,33-,34+,35+,36+/m0/s1. The van der Waals surface area contributed by atoms with Crippen LogP contribution in [0.1, 0.15) is 92.2 Å². The lowest BCUT2D eigenvalue weighted by molar-refractivity contribution is -0.287. The molecule has 1 aromatic rings. The van der Waals surface area contributed by atoms with Crippen LogP contribution in [0, 0.1) is 39.9 Å². The summed E-state index contributed by atoms with van der Waals surface area (Å²) in [6.07, 6.45) is -0.573. The first-order valence-electron chi connectivity index (χ1n) is 16.8. The van der Waals surface area contributed by atoms with Gasteiger partial charge in [-0.15, -0.1) is 0 Å². The number of hydrogen-bond acceptors (Lipinski definition) is 12. The highest BCUT2D eigenvalue weighted by Crippen LogP contribution is 2.81. The topological polar surface area (TPSA) is 176 Å². The van der Waals surface area contributed by atoms with E-state index in [-0.39, 0.29) is 18.4 Å². The zero-order valence-corrected chi connectivity index (χ0v) is 28.8. The molecule has 4 fully saturated rings. The van der Waals surface area contributed by atoms with Crippen molar-refractivity contribution >= 4 is 29.7 Å². The molecule has 48 heavy (non-hydrogen) atoms. The molecule has 12 nitrogen and oxygen atoms in total. The number of rotatable bonds is 8. The summed E-state index contributed by atoms with van der Waals surface area (Å²) in [7, 11) is 1.14. The summed E-state index contributed by atoms with van der Waals surface area (Å²) in [6, 6.07) is 1.69. The van der Waals surface area contributed by atoms with Crippen LogP contribution in [-0.4, -0.2) is 70.4 Å². The first kappa shape index (κ1) is 34.4. The largest absolute Gasteiger partial charge is 0.472 e. The lowest BCUT2D eigenvalue weighted by Crippen LogP contribution is -2.80. The number of carbonyl (C=O) groups is 5. The molecule has 6 rings (SSSR count). The van der Waals surface area contributed by atoms with E-state index >= 15 is 4.79 Å². The SMILES string of the molecule is CC[C@H](C)C(=O)O[C@H]1[C@@]2(C)C[C@@]3(OC(=O)C(C)C)[C@](C)([C@H]4CC[C@]5(C)C(=C4C(=O)[C@@]13O)CC(=O)O[C@H]5c1ccoc1)[C@H]2[C@@H](O)C(=O)OC. The molecule has 1 aromatic heterocycles. The second-order valence-corrected chi connectivity index (χ2v) is 15.5. The molecule has 2 N–H and O–H groups in total. The number of Topliss-reactive ketones (excluding diaryl/α,β-unsaturated/α-hetero) is 1. The number of aliphatic hydroxyl groups excluding tert-OH is 1. The van der Waals surface area contributed by atoms with E-state index < -0.39 is 99.1 Å². The first-order valence-corrected chi connectivity index (χ1v) is 16.8. The third-order valence-electron chi connectivity index (χ3n) is 12.8. The summed E-state index contributed by atoms with van der Waals surface area (Å²) < 4.78 is 28.7. The molecule has 12 heteroatoms. The van der Waals surface area contributed by atoms with Gasteiger partial charge in [0, 0.05) is 39.7 Å². The fourth-order valence-corrected chi connectivity index (χ4v) is 10.4. The summed E-state index contributed by atoms with van der Waals surface area (Å²) in [5.41, 5.74) is -7.23. The first-order chi connectivity index (χ1) is 22.4. The Morgan fingerprint density at radius 3 is 2.35 bits per heavy atom. The van der Waals surface area contributed by atoms with Crippen molar-refractivity contribution in [3.63, 3.8) is 0 Å². The number of ether oxygens (including phenoxy) is 4. The molecule has 0 radical (unpaired) electrons.